The van der Waals surface area contributed by atoms with E-state index in [2.05, 4.69) is 10.1 Å². The highest BCUT2D eigenvalue weighted by atomic mass is 16.5. The van der Waals surface area contributed by atoms with E-state index in [1.165, 1.54) is 7.11 Å². The summed E-state index contributed by atoms with van der Waals surface area (Å²) in [6.07, 6.45) is 0. The Hall–Kier alpha value is -3.22. The molecule has 0 aliphatic carbocycles. The smallest absolute Gasteiger partial charge is 0.337 e. The topological polar surface area (TPSA) is 77.3 Å². The molecule has 1 aromatic carbocycles. The Morgan fingerprint density at radius 3 is 2.48 bits per heavy atom. The van der Waals surface area contributed by atoms with Gasteiger partial charge in [-0.05, 0) is 37.6 Å². The summed E-state index contributed by atoms with van der Waals surface area (Å²) in [7, 11) is 4.92. The molecule has 0 bridgehead atoms. The van der Waals surface area contributed by atoms with Gasteiger partial charge >= 0.3 is 5.97 Å². The molecule has 140 valence electrons. The van der Waals surface area contributed by atoms with Crippen molar-refractivity contribution < 1.29 is 14.3 Å². The second-order valence-electron chi connectivity index (χ2n) is 6.57. The Morgan fingerprint density at radius 2 is 1.85 bits per heavy atom. The van der Waals surface area contributed by atoms with E-state index in [-0.39, 0.29) is 11.9 Å². The van der Waals surface area contributed by atoms with Crippen LogP contribution in [0.25, 0.3) is 11.0 Å². The molecule has 27 heavy (non-hydrogen) atoms. The molecular weight excluding hydrogens is 344 g/mol. The first kappa shape index (κ1) is 18.6. The van der Waals surface area contributed by atoms with Gasteiger partial charge in [0.1, 0.15) is 0 Å². The van der Waals surface area contributed by atoms with E-state index in [1.54, 1.807) is 34.8 Å². The fourth-order valence-electron chi connectivity index (χ4n) is 3.15. The molecule has 0 N–H and O–H groups in total. The normalized spacial score (nSPS) is 10.9. The highest BCUT2D eigenvalue weighted by Crippen LogP contribution is 2.23. The molecule has 0 unspecified atom stereocenters. The molecule has 2 aromatic heterocycles. The summed E-state index contributed by atoms with van der Waals surface area (Å²) < 4.78 is 6.40. The van der Waals surface area contributed by atoms with Crippen molar-refractivity contribution in [3.8, 4) is 0 Å². The molecule has 0 aliphatic rings. The quantitative estimate of drug-likeness (QED) is 0.664. The van der Waals surface area contributed by atoms with Gasteiger partial charge in [0.15, 0.2) is 5.65 Å². The molecule has 3 aromatic rings. The monoisotopic (exact) mass is 366 g/mol. The van der Waals surface area contributed by atoms with Crippen molar-refractivity contribution >= 4 is 22.9 Å². The number of aryl methyl sites for hydroxylation is 3. The van der Waals surface area contributed by atoms with Crippen LogP contribution in [0.2, 0.25) is 0 Å². The van der Waals surface area contributed by atoms with Crippen LogP contribution in [0.1, 0.15) is 37.7 Å². The minimum atomic E-state index is -0.382. The number of amides is 1. The molecule has 0 radical (unpaired) electrons. The minimum absolute atomic E-state index is 0.0985. The lowest BCUT2D eigenvalue weighted by molar-refractivity contribution is 0.0600. The van der Waals surface area contributed by atoms with Gasteiger partial charge < -0.3 is 9.64 Å². The maximum absolute atomic E-state index is 13.1. The number of fused-ring (bicyclic) bond motifs is 1. The molecule has 0 saturated carbocycles. The lowest BCUT2D eigenvalue weighted by atomic mass is 10.1. The Bertz CT molecular complexity index is 1020. The molecule has 0 fully saturated rings. The predicted molar refractivity (Wildman–Crippen MR) is 102 cm³/mol. The molecule has 0 atom stereocenters. The third-order valence-electron chi connectivity index (χ3n) is 4.47. The van der Waals surface area contributed by atoms with E-state index in [1.807, 2.05) is 33.0 Å². The SMILES string of the molecule is COC(=O)c1ccc(CN(C)C(=O)c2cc(C)nc3c2c(C)nn3C)cc1. The fraction of sp³-hybridized carbons (Fsp3) is 0.300. The highest BCUT2D eigenvalue weighted by molar-refractivity contribution is 6.06. The number of aromatic nitrogens is 3. The van der Waals surface area contributed by atoms with Crippen molar-refractivity contribution in [2.24, 2.45) is 7.05 Å². The van der Waals surface area contributed by atoms with E-state index >= 15 is 0 Å². The largest absolute Gasteiger partial charge is 0.465 e. The number of pyridine rings is 1. The second-order valence-corrected chi connectivity index (χ2v) is 6.57. The van der Waals surface area contributed by atoms with Gasteiger partial charge in [0.2, 0.25) is 0 Å². The van der Waals surface area contributed by atoms with Crippen molar-refractivity contribution in [1.29, 1.82) is 0 Å². The summed E-state index contributed by atoms with van der Waals surface area (Å²) in [6, 6.07) is 8.83. The summed E-state index contributed by atoms with van der Waals surface area (Å²) in [6.45, 7) is 4.16. The van der Waals surface area contributed by atoms with Gasteiger partial charge in [0.05, 0.1) is 29.3 Å². The summed E-state index contributed by atoms with van der Waals surface area (Å²) in [5, 5.41) is 5.17. The van der Waals surface area contributed by atoms with Gasteiger partial charge in [-0.1, -0.05) is 12.1 Å². The summed E-state index contributed by atoms with van der Waals surface area (Å²) in [5.41, 5.74) is 4.24. The Kier molecular flexibility index (Phi) is 4.94. The average Bonchev–Trinajstić information content (AvgIpc) is 2.94. The van der Waals surface area contributed by atoms with Gasteiger partial charge in [0, 0.05) is 26.3 Å². The summed E-state index contributed by atoms with van der Waals surface area (Å²) in [5.74, 6) is -0.480. The number of esters is 1. The summed E-state index contributed by atoms with van der Waals surface area (Å²) >= 11 is 0. The third-order valence-corrected chi connectivity index (χ3v) is 4.47. The maximum Gasteiger partial charge on any atom is 0.337 e. The standard InChI is InChI=1S/C20H22N4O3/c1-12-10-16(17-13(2)22-24(4)18(17)21-12)19(25)23(3)11-14-6-8-15(9-7-14)20(26)27-5/h6-10H,11H2,1-5H3. The van der Waals surface area contributed by atoms with E-state index in [0.29, 0.717) is 23.3 Å². The van der Waals surface area contributed by atoms with E-state index in [4.69, 9.17) is 4.74 Å². The van der Waals surface area contributed by atoms with Crippen molar-refractivity contribution in [3.05, 3.63) is 58.4 Å². The van der Waals surface area contributed by atoms with Crippen LogP contribution in [0.4, 0.5) is 0 Å². The Balaban J connectivity index is 1.88. The molecule has 1 amide bonds. The molecule has 3 rings (SSSR count). The van der Waals surface area contributed by atoms with Crippen LogP contribution < -0.4 is 0 Å². The number of nitrogens with zero attached hydrogens (tertiary/aromatic N) is 4. The van der Waals surface area contributed by atoms with Crippen LogP contribution in [0, 0.1) is 13.8 Å². The first-order valence-electron chi connectivity index (χ1n) is 8.55. The van der Waals surface area contributed by atoms with Gasteiger partial charge in [-0.2, -0.15) is 5.10 Å². The number of carbonyl (C=O) groups excluding carboxylic acids is 2. The van der Waals surface area contributed by atoms with Crippen LogP contribution >= 0.6 is 0 Å². The van der Waals surface area contributed by atoms with E-state index < -0.39 is 0 Å². The Labute approximate surface area is 157 Å². The fourth-order valence-corrected chi connectivity index (χ4v) is 3.15. The molecule has 2 heterocycles. The molecular formula is C20H22N4O3. The summed E-state index contributed by atoms with van der Waals surface area (Å²) in [4.78, 5) is 30.8. The van der Waals surface area contributed by atoms with Gasteiger partial charge in [-0.15, -0.1) is 0 Å². The van der Waals surface area contributed by atoms with Crippen molar-refractivity contribution in [2.75, 3.05) is 14.2 Å². The van der Waals surface area contributed by atoms with Crippen molar-refractivity contribution in [2.45, 2.75) is 20.4 Å². The molecule has 0 spiro atoms. The van der Waals surface area contributed by atoms with Crippen LogP contribution in [0.5, 0.6) is 0 Å². The van der Waals surface area contributed by atoms with Crippen molar-refractivity contribution in [1.82, 2.24) is 19.7 Å². The van der Waals surface area contributed by atoms with Crippen LogP contribution in [-0.2, 0) is 18.3 Å². The molecule has 0 aliphatic heterocycles. The zero-order valence-corrected chi connectivity index (χ0v) is 16.1. The van der Waals surface area contributed by atoms with Crippen LogP contribution in [-0.4, -0.2) is 45.7 Å². The maximum atomic E-state index is 13.1. The minimum Gasteiger partial charge on any atom is -0.465 e. The first-order valence-corrected chi connectivity index (χ1v) is 8.55. The number of hydrogen-bond donors (Lipinski definition) is 0. The third kappa shape index (κ3) is 3.53. The number of methoxy groups -OCH3 is 1. The van der Waals surface area contributed by atoms with Gasteiger partial charge in [-0.3, -0.25) is 9.48 Å². The number of ether oxygens (including phenoxy) is 1. The Morgan fingerprint density at radius 1 is 1.19 bits per heavy atom. The molecule has 7 heteroatoms. The van der Waals surface area contributed by atoms with Gasteiger partial charge in [-0.25, -0.2) is 9.78 Å². The van der Waals surface area contributed by atoms with E-state index in [0.717, 1.165) is 22.3 Å². The van der Waals surface area contributed by atoms with Crippen LogP contribution in [0.3, 0.4) is 0 Å². The molecule has 0 saturated heterocycles. The number of hydrogen-bond acceptors (Lipinski definition) is 5. The average molecular weight is 366 g/mol. The first-order chi connectivity index (χ1) is 12.8. The number of benzene rings is 1. The second kappa shape index (κ2) is 7.19. The van der Waals surface area contributed by atoms with Crippen molar-refractivity contribution in [3.63, 3.8) is 0 Å². The molecule has 7 nitrogen and oxygen atoms in total. The zero-order valence-electron chi connectivity index (χ0n) is 16.1. The number of carbonyl (C=O) groups is 2. The van der Waals surface area contributed by atoms with Gasteiger partial charge in [0.25, 0.3) is 5.91 Å². The highest BCUT2D eigenvalue weighted by Gasteiger charge is 2.20. The lowest BCUT2D eigenvalue weighted by Gasteiger charge is -2.18. The zero-order chi connectivity index (χ0) is 19.7. The number of rotatable bonds is 4. The van der Waals surface area contributed by atoms with Crippen LogP contribution in [0.15, 0.2) is 30.3 Å². The lowest BCUT2D eigenvalue weighted by Crippen LogP contribution is -2.26. The predicted octanol–water partition coefficient (Wildman–Crippen LogP) is 2.64. The van der Waals surface area contributed by atoms with E-state index in [9.17, 15) is 9.59 Å².